The highest BCUT2D eigenvalue weighted by molar-refractivity contribution is 5.77. The Bertz CT molecular complexity index is 852. The number of carbonyl (C=O) groups is 1. The van der Waals surface area contributed by atoms with E-state index in [0.29, 0.717) is 12.2 Å². The summed E-state index contributed by atoms with van der Waals surface area (Å²) in [5.74, 6) is -0.203. The molecule has 0 aliphatic carbocycles. The van der Waals surface area contributed by atoms with E-state index in [9.17, 15) is 14.9 Å². The summed E-state index contributed by atoms with van der Waals surface area (Å²) in [4.78, 5) is 33.1. The number of hydrogen-bond donors (Lipinski definition) is 2. The number of H-pyrrole nitrogens is 1. The number of aromatic amines is 1. The summed E-state index contributed by atoms with van der Waals surface area (Å²) in [5, 5.41) is 17.0. The fourth-order valence-corrected chi connectivity index (χ4v) is 2.33. The smallest absolute Gasteiger partial charge is 0.390 e. The Balaban J connectivity index is 1.69. The average Bonchev–Trinajstić information content (AvgIpc) is 3.18. The maximum Gasteiger partial charge on any atom is 0.490 e. The largest absolute Gasteiger partial charge is 0.490 e. The van der Waals surface area contributed by atoms with Crippen molar-refractivity contribution in [1.29, 1.82) is 0 Å². The number of amides is 1. The number of fused-ring (bicyclic) bond motifs is 1. The molecule has 0 saturated carbocycles. The van der Waals surface area contributed by atoms with Crippen LogP contribution in [0.25, 0.3) is 11.0 Å². The van der Waals surface area contributed by atoms with Crippen molar-refractivity contribution in [3.8, 4) is 0 Å². The van der Waals surface area contributed by atoms with E-state index >= 15 is 0 Å². The van der Waals surface area contributed by atoms with Crippen LogP contribution in [-0.2, 0) is 11.3 Å². The van der Waals surface area contributed by atoms with Crippen molar-refractivity contribution < 1.29 is 9.72 Å². The minimum Gasteiger partial charge on any atom is -0.390 e. The van der Waals surface area contributed by atoms with Crippen molar-refractivity contribution >= 4 is 22.9 Å². The minimum absolute atomic E-state index is 0.155. The van der Waals surface area contributed by atoms with Gasteiger partial charge in [-0.25, -0.2) is 4.98 Å². The SMILES string of the molecule is CC[C@@H](NC(=O)Cn1cnc([N+](=O)[O-])n1)c1nc2ccccc2[nH]1. The zero-order valence-corrected chi connectivity index (χ0v) is 12.8. The third kappa shape index (κ3) is 3.21. The monoisotopic (exact) mass is 329 g/mol. The molecule has 0 aliphatic heterocycles. The molecule has 24 heavy (non-hydrogen) atoms. The average molecular weight is 329 g/mol. The lowest BCUT2D eigenvalue weighted by Crippen LogP contribution is -2.32. The Morgan fingerprint density at radius 1 is 1.46 bits per heavy atom. The fraction of sp³-hybridized carbons (Fsp3) is 0.286. The van der Waals surface area contributed by atoms with Gasteiger partial charge in [-0.2, -0.15) is 4.68 Å². The molecular formula is C14H15N7O3. The number of nitro groups is 1. The number of aromatic nitrogens is 5. The lowest BCUT2D eigenvalue weighted by molar-refractivity contribution is -0.394. The molecule has 0 unspecified atom stereocenters. The molecule has 0 fully saturated rings. The van der Waals surface area contributed by atoms with Gasteiger partial charge in [0, 0.05) is 5.10 Å². The van der Waals surface area contributed by atoms with Gasteiger partial charge in [0.15, 0.2) is 0 Å². The van der Waals surface area contributed by atoms with E-state index in [1.165, 1.54) is 0 Å². The van der Waals surface area contributed by atoms with Crippen molar-refractivity contribution in [2.75, 3.05) is 0 Å². The Labute approximate surface area is 136 Å². The van der Waals surface area contributed by atoms with Crippen LogP contribution in [0, 0.1) is 10.1 Å². The van der Waals surface area contributed by atoms with Crippen molar-refractivity contribution in [3.05, 3.63) is 46.5 Å². The maximum absolute atomic E-state index is 12.1. The van der Waals surface area contributed by atoms with Crippen LogP contribution < -0.4 is 5.32 Å². The highest BCUT2D eigenvalue weighted by Gasteiger charge is 2.19. The van der Waals surface area contributed by atoms with Gasteiger partial charge < -0.3 is 20.4 Å². The first kappa shape index (κ1) is 15.6. The Morgan fingerprint density at radius 2 is 2.25 bits per heavy atom. The summed E-state index contributed by atoms with van der Waals surface area (Å²) in [6.07, 6.45) is 1.79. The quantitative estimate of drug-likeness (QED) is 0.518. The molecule has 10 heteroatoms. The van der Waals surface area contributed by atoms with E-state index < -0.39 is 10.9 Å². The second-order valence-electron chi connectivity index (χ2n) is 5.17. The molecule has 3 aromatic rings. The zero-order valence-electron chi connectivity index (χ0n) is 12.8. The van der Waals surface area contributed by atoms with Gasteiger partial charge in [-0.15, -0.1) is 0 Å². The third-order valence-corrected chi connectivity index (χ3v) is 3.47. The minimum atomic E-state index is -0.711. The van der Waals surface area contributed by atoms with Gasteiger partial charge in [0.2, 0.25) is 12.2 Å². The second kappa shape index (κ2) is 6.44. The normalized spacial score (nSPS) is 12.2. The highest BCUT2D eigenvalue weighted by atomic mass is 16.6. The number of para-hydroxylation sites is 2. The summed E-state index contributed by atoms with van der Waals surface area (Å²) >= 11 is 0. The highest BCUT2D eigenvalue weighted by Crippen LogP contribution is 2.18. The van der Waals surface area contributed by atoms with Gasteiger partial charge in [-0.3, -0.25) is 4.79 Å². The molecule has 124 valence electrons. The fourth-order valence-electron chi connectivity index (χ4n) is 2.33. The summed E-state index contributed by atoms with van der Waals surface area (Å²) in [5.41, 5.74) is 1.72. The van der Waals surface area contributed by atoms with Gasteiger partial charge in [-0.1, -0.05) is 24.0 Å². The summed E-state index contributed by atoms with van der Waals surface area (Å²) in [6.45, 7) is 1.77. The van der Waals surface area contributed by atoms with E-state index in [0.717, 1.165) is 22.0 Å². The predicted octanol–water partition coefficient (Wildman–Crippen LogP) is 1.33. The van der Waals surface area contributed by atoms with Crippen LogP contribution in [0.3, 0.4) is 0 Å². The van der Waals surface area contributed by atoms with Gasteiger partial charge in [0.25, 0.3) is 0 Å². The maximum atomic E-state index is 12.1. The molecule has 0 saturated heterocycles. The molecule has 0 spiro atoms. The topological polar surface area (TPSA) is 132 Å². The molecule has 2 aromatic heterocycles. The van der Waals surface area contributed by atoms with Crippen LogP contribution in [0.4, 0.5) is 5.95 Å². The molecular weight excluding hydrogens is 314 g/mol. The van der Waals surface area contributed by atoms with Crippen LogP contribution in [-0.4, -0.2) is 35.6 Å². The molecule has 2 heterocycles. The van der Waals surface area contributed by atoms with Gasteiger partial charge >= 0.3 is 5.95 Å². The molecule has 1 atom stereocenters. The number of nitrogens with one attached hydrogen (secondary N) is 2. The first-order valence-electron chi connectivity index (χ1n) is 7.34. The predicted molar refractivity (Wildman–Crippen MR) is 83.9 cm³/mol. The van der Waals surface area contributed by atoms with E-state index in [1.807, 2.05) is 31.2 Å². The first-order chi connectivity index (χ1) is 11.6. The Morgan fingerprint density at radius 3 is 2.92 bits per heavy atom. The molecule has 0 radical (unpaired) electrons. The molecule has 0 bridgehead atoms. The first-order valence-corrected chi connectivity index (χ1v) is 7.34. The molecule has 0 aliphatic rings. The van der Waals surface area contributed by atoms with E-state index in [1.54, 1.807) is 0 Å². The number of rotatable bonds is 6. The van der Waals surface area contributed by atoms with Crippen LogP contribution in [0.2, 0.25) is 0 Å². The van der Waals surface area contributed by atoms with Crippen LogP contribution >= 0.6 is 0 Å². The molecule has 10 nitrogen and oxygen atoms in total. The summed E-state index contributed by atoms with van der Waals surface area (Å²) < 4.78 is 1.12. The number of nitrogens with zero attached hydrogens (tertiary/aromatic N) is 5. The van der Waals surface area contributed by atoms with Crippen molar-refractivity contribution in [2.45, 2.75) is 25.9 Å². The van der Waals surface area contributed by atoms with Crippen molar-refractivity contribution in [1.82, 2.24) is 30.0 Å². The number of hydrogen-bond acceptors (Lipinski definition) is 6. The van der Waals surface area contributed by atoms with E-state index in [4.69, 9.17) is 0 Å². The Hall–Kier alpha value is -3.30. The second-order valence-corrected chi connectivity index (χ2v) is 5.17. The molecule has 1 amide bonds. The lowest BCUT2D eigenvalue weighted by atomic mass is 10.2. The summed E-state index contributed by atoms with van der Waals surface area (Å²) in [6, 6.07) is 7.31. The third-order valence-electron chi connectivity index (χ3n) is 3.47. The van der Waals surface area contributed by atoms with E-state index in [-0.39, 0.29) is 18.5 Å². The Kier molecular flexibility index (Phi) is 4.18. The number of imidazole rings is 1. The van der Waals surface area contributed by atoms with Crippen LogP contribution in [0.1, 0.15) is 25.2 Å². The standard InChI is InChI=1S/C14H15N7O3/c1-2-9(13-17-10-5-3-4-6-11(10)18-13)16-12(22)7-20-8-15-14(19-20)21(23)24/h3-6,8-9H,2,7H2,1H3,(H,16,22)(H,17,18)/t9-/m1/s1. The number of carbonyl (C=O) groups excluding carboxylic acids is 1. The molecule has 1 aromatic carbocycles. The van der Waals surface area contributed by atoms with Crippen LogP contribution in [0.15, 0.2) is 30.6 Å². The van der Waals surface area contributed by atoms with E-state index in [2.05, 4.69) is 25.4 Å². The van der Waals surface area contributed by atoms with Crippen LogP contribution in [0.5, 0.6) is 0 Å². The van der Waals surface area contributed by atoms with Gasteiger partial charge in [0.1, 0.15) is 12.4 Å². The molecule has 2 N–H and O–H groups in total. The van der Waals surface area contributed by atoms with Crippen molar-refractivity contribution in [2.24, 2.45) is 0 Å². The van der Waals surface area contributed by atoms with Gasteiger partial charge in [0.05, 0.1) is 17.1 Å². The lowest BCUT2D eigenvalue weighted by Gasteiger charge is -2.13. The molecule has 3 rings (SSSR count). The summed E-state index contributed by atoms with van der Waals surface area (Å²) in [7, 11) is 0. The van der Waals surface area contributed by atoms with Gasteiger partial charge in [-0.05, 0) is 23.5 Å². The number of benzene rings is 1. The van der Waals surface area contributed by atoms with Crippen molar-refractivity contribution in [3.63, 3.8) is 0 Å². The zero-order chi connectivity index (χ0) is 17.1.